The maximum Gasteiger partial charge on any atom is 0.120 e. The molecule has 3 aromatic carbocycles. The van der Waals surface area contributed by atoms with Crippen molar-refractivity contribution in [3.05, 3.63) is 92.9 Å². The molecule has 25 heavy (non-hydrogen) atoms. The summed E-state index contributed by atoms with van der Waals surface area (Å²) in [6.07, 6.45) is 0. The van der Waals surface area contributed by atoms with Crippen LogP contribution in [0.1, 0.15) is 11.1 Å². The van der Waals surface area contributed by atoms with E-state index in [0.29, 0.717) is 28.2 Å². The first kappa shape index (κ1) is 17.9. The summed E-state index contributed by atoms with van der Waals surface area (Å²) in [6.45, 7) is 1.04. The fourth-order valence-electron chi connectivity index (χ4n) is 2.35. The van der Waals surface area contributed by atoms with Crippen LogP contribution < -0.4 is 10.1 Å². The highest BCUT2D eigenvalue weighted by Crippen LogP contribution is 2.24. The van der Waals surface area contributed by atoms with Crippen molar-refractivity contribution in [1.82, 2.24) is 0 Å². The molecule has 0 atom stereocenters. The van der Waals surface area contributed by atoms with Crippen LogP contribution in [0.15, 0.2) is 66.7 Å². The third-order valence-corrected chi connectivity index (χ3v) is 4.58. The SMILES string of the molecule is Clc1ccc(COc2cccc(CNc3ccccc3Cl)c2)c(Cl)c1. The average molecular weight is 393 g/mol. The number of rotatable bonds is 6. The highest BCUT2D eigenvalue weighted by molar-refractivity contribution is 6.35. The van der Waals surface area contributed by atoms with E-state index in [0.717, 1.165) is 22.6 Å². The zero-order valence-electron chi connectivity index (χ0n) is 13.3. The highest BCUT2D eigenvalue weighted by atomic mass is 35.5. The van der Waals surface area contributed by atoms with E-state index in [1.54, 1.807) is 12.1 Å². The van der Waals surface area contributed by atoms with Crippen LogP contribution in [-0.2, 0) is 13.2 Å². The average Bonchev–Trinajstić information content (AvgIpc) is 2.61. The minimum absolute atomic E-state index is 0.386. The van der Waals surface area contributed by atoms with Crippen LogP contribution in [0, 0.1) is 0 Å². The van der Waals surface area contributed by atoms with Gasteiger partial charge in [-0.15, -0.1) is 0 Å². The number of para-hydroxylation sites is 1. The highest BCUT2D eigenvalue weighted by Gasteiger charge is 2.04. The largest absolute Gasteiger partial charge is 0.489 e. The van der Waals surface area contributed by atoms with Gasteiger partial charge in [-0.05, 0) is 42.0 Å². The van der Waals surface area contributed by atoms with E-state index in [2.05, 4.69) is 5.32 Å². The Morgan fingerprint density at radius 3 is 2.44 bits per heavy atom. The van der Waals surface area contributed by atoms with Crippen molar-refractivity contribution in [3.63, 3.8) is 0 Å². The van der Waals surface area contributed by atoms with E-state index in [1.165, 1.54) is 0 Å². The predicted molar refractivity (Wildman–Crippen MR) is 106 cm³/mol. The van der Waals surface area contributed by atoms with E-state index < -0.39 is 0 Å². The van der Waals surface area contributed by atoms with Crippen LogP contribution in [0.25, 0.3) is 0 Å². The molecule has 0 aliphatic heterocycles. The Morgan fingerprint density at radius 2 is 1.64 bits per heavy atom. The molecule has 2 nitrogen and oxygen atoms in total. The molecular weight excluding hydrogens is 377 g/mol. The summed E-state index contributed by atoms with van der Waals surface area (Å²) in [5.74, 6) is 0.782. The molecule has 5 heteroatoms. The Labute approximate surface area is 162 Å². The van der Waals surface area contributed by atoms with Crippen molar-refractivity contribution < 1.29 is 4.74 Å². The Balaban J connectivity index is 1.62. The van der Waals surface area contributed by atoms with Gasteiger partial charge in [-0.2, -0.15) is 0 Å². The lowest BCUT2D eigenvalue weighted by molar-refractivity contribution is 0.306. The molecule has 0 bridgehead atoms. The molecule has 128 valence electrons. The Kier molecular flexibility index (Phi) is 6.09. The molecule has 0 spiro atoms. The second-order valence-electron chi connectivity index (χ2n) is 5.51. The van der Waals surface area contributed by atoms with Crippen LogP contribution in [0.2, 0.25) is 15.1 Å². The normalized spacial score (nSPS) is 10.5. The molecule has 0 saturated heterocycles. The first-order valence-electron chi connectivity index (χ1n) is 7.76. The minimum atomic E-state index is 0.386. The number of hydrogen-bond donors (Lipinski definition) is 1. The van der Waals surface area contributed by atoms with Crippen LogP contribution >= 0.6 is 34.8 Å². The lowest BCUT2D eigenvalue weighted by Gasteiger charge is -2.11. The molecular formula is C20H16Cl3NO. The predicted octanol–water partition coefficient (Wildman–Crippen LogP) is 6.84. The van der Waals surface area contributed by atoms with Crippen molar-refractivity contribution in [2.75, 3.05) is 5.32 Å². The van der Waals surface area contributed by atoms with Crippen LogP contribution in [-0.4, -0.2) is 0 Å². The van der Waals surface area contributed by atoms with Crippen LogP contribution in [0.3, 0.4) is 0 Å². The molecule has 1 N–H and O–H groups in total. The molecule has 0 aliphatic rings. The molecule has 0 saturated carbocycles. The molecule has 0 heterocycles. The standard InChI is InChI=1S/C20H16Cl3NO/c21-16-9-8-15(19(23)11-16)13-25-17-5-3-4-14(10-17)12-24-20-7-2-1-6-18(20)22/h1-11,24H,12-13H2. The van der Waals surface area contributed by atoms with E-state index in [9.17, 15) is 0 Å². The van der Waals surface area contributed by atoms with Gasteiger partial charge in [0.2, 0.25) is 0 Å². The third kappa shape index (κ3) is 5.05. The lowest BCUT2D eigenvalue weighted by atomic mass is 10.2. The fourth-order valence-corrected chi connectivity index (χ4v) is 3.01. The van der Waals surface area contributed by atoms with Gasteiger partial charge in [-0.1, -0.05) is 65.1 Å². The van der Waals surface area contributed by atoms with Crippen LogP contribution in [0.4, 0.5) is 5.69 Å². The summed E-state index contributed by atoms with van der Waals surface area (Å²) >= 11 is 18.2. The van der Waals surface area contributed by atoms with Gasteiger partial charge in [0.15, 0.2) is 0 Å². The topological polar surface area (TPSA) is 21.3 Å². The second kappa shape index (κ2) is 8.48. The first-order valence-corrected chi connectivity index (χ1v) is 8.89. The molecule has 0 aromatic heterocycles. The van der Waals surface area contributed by atoms with Gasteiger partial charge in [0.05, 0.1) is 10.7 Å². The van der Waals surface area contributed by atoms with Crippen molar-refractivity contribution in [1.29, 1.82) is 0 Å². The summed E-state index contributed by atoms with van der Waals surface area (Å²) < 4.78 is 5.85. The van der Waals surface area contributed by atoms with E-state index >= 15 is 0 Å². The smallest absolute Gasteiger partial charge is 0.120 e. The fraction of sp³-hybridized carbons (Fsp3) is 0.100. The summed E-state index contributed by atoms with van der Waals surface area (Å²) in [7, 11) is 0. The molecule has 3 aromatic rings. The minimum Gasteiger partial charge on any atom is -0.489 e. The maximum atomic E-state index is 6.17. The number of anilines is 1. The first-order chi connectivity index (χ1) is 12.1. The molecule has 0 unspecified atom stereocenters. The van der Waals surface area contributed by atoms with E-state index in [4.69, 9.17) is 39.5 Å². The van der Waals surface area contributed by atoms with Gasteiger partial charge in [0, 0.05) is 22.2 Å². The van der Waals surface area contributed by atoms with Gasteiger partial charge in [-0.25, -0.2) is 0 Å². The number of benzene rings is 3. The second-order valence-corrected chi connectivity index (χ2v) is 6.76. The summed E-state index contributed by atoms with van der Waals surface area (Å²) in [5.41, 5.74) is 2.90. The van der Waals surface area contributed by atoms with Crippen molar-refractivity contribution in [2.24, 2.45) is 0 Å². The zero-order chi connectivity index (χ0) is 17.6. The van der Waals surface area contributed by atoms with Crippen LogP contribution in [0.5, 0.6) is 5.75 Å². The number of halogens is 3. The van der Waals surface area contributed by atoms with Crippen molar-refractivity contribution in [2.45, 2.75) is 13.2 Å². The Bertz CT molecular complexity index is 867. The lowest BCUT2D eigenvalue weighted by Crippen LogP contribution is -2.01. The van der Waals surface area contributed by atoms with Gasteiger partial charge in [0.25, 0.3) is 0 Å². The Morgan fingerprint density at radius 1 is 0.800 bits per heavy atom. The number of ether oxygens (including phenoxy) is 1. The van der Waals surface area contributed by atoms with Gasteiger partial charge >= 0.3 is 0 Å². The summed E-state index contributed by atoms with van der Waals surface area (Å²) in [6, 6.07) is 21.0. The van der Waals surface area contributed by atoms with Crippen molar-refractivity contribution in [3.8, 4) is 5.75 Å². The van der Waals surface area contributed by atoms with Gasteiger partial charge in [0.1, 0.15) is 12.4 Å². The van der Waals surface area contributed by atoms with Gasteiger partial charge < -0.3 is 10.1 Å². The Hall–Kier alpha value is -1.87. The zero-order valence-corrected chi connectivity index (χ0v) is 15.6. The molecule has 0 radical (unpaired) electrons. The molecule has 0 fully saturated rings. The number of nitrogens with one attached hydrogen (secondary N) is 1. The quantitative estimate of drug-likeness (QED) is 0.496. The molecule has 3 rings (SSSR count). The molecule has 0 amide bonds. The molecule has 0 aliphatic carbocycles. The monoisotopic (exact) mass is 391 g/mol. The maximum absolute atomic E-state index is 6.17. The number of hydrogen-bond acceptors (Lipinski definition) is 2. The summed E-state index contributed by atoms with van der Waals surface area (Å²) in [5, 5.41) is 5.24. The van der Waals surface area contributed by atoms with E-state index in [-0.39, 0.29) is 0 Å². The van der Waals surface area contributed by atoms with E-state index in [1.807, 2.05) is 54.6 Å². The summed E-state index contributed by atoms with van der Waals surface area (Å²) in [4.78, 5) is 0. The van der Waals surface area contributed by atoms with Crippen molar-refractivity contribution >= 4 is 40.5 Å². The van der Waals surface area contributed by atoms with Gasteiger partial charge in [-0.3, -0.25) is 0 Å². The third-order valence-electron chi connectivity index (χ3n) is 3.66.